The molecule has 2 heterocycles. The Balaban J connectivity index is 1.68. The monoisotopic (exact) mass is 428 g/mol. The van der Waals surface area contributed by atoms with E-state index < -0.39 is 0 Å². The Bertz CT molecular complexity index is 1610. The molecule has 0 saturated heterocycles. The van der Waals surface area contributed by atoms with E-state index in [0.29, 0.717) is 0 Å². The van der Waals surface area contributed by atoms with Crippen molar-refractivity contribution in [2.45, 2.75) is 26.2 Å². The molecule has 4 aromatic rings. The fourth-order valence-electron chi connectivity index (χ4n) is 5.78. The predicted octanol–water partition coefficient (Wildman–Crippen LogP) is 6.49. The van der Waals surface area contributed by atoms with Crippen molar-refractivity contribution in [3.63, 3.8) is 0 Å². The predicted molar refractivity (Wildman–Crippen MR) is 133 cm³/mol. The minimum absolute atomic E-state index is 0.0676. The first kappa shape index (κ1) is 19.6. The van der Waals surface area contributed by atoms with Crippen molar-refractivity contribution in [2.75, 3.05) is 0 Å². The first-order valence-electron chi connectivity index (χ1n) is 11.5. The van der Waals surface area contributed by atoms with Crippen LogP contribution in [0, 0.1) is 34.5 Å². The lowest BCUT2D eigenvalue weighted by Crippen LogP contribution is -2.15. The van der Waals surface area contributed by atoms with Gasteiger partial charge in [0.05, 0.1) is 29.3 Å². The number of nitriles is 2. The van der Waals surface area contributed by atoms with Crippen LogP contribution in [0.15, 0.2) is 54.1 Å². The lowest BCUT2D eigenvalue weighted by molar-refractivity contribution is 0.619. The van der Waals surface area contributed by atoms with Crippen LogP contribution in [0.1, 0.15) is 42.3 Å². The molecule has 0 aliphatic heterocycles. The van der Waals surface area contributed by atoms with Crippen LogP contribution in [0.25, 0.3) is 39.6 Å². The van der Waals surface area contributed by atoms with Gasteiger partial charge in [-0.3, -0.25) is 0 Å². The van der Waals surface area contributed by atoms with E-state index in [1.807, 2.05) is 6.08 Å². The Morgan fingerprint density at radius 2 is 1.79 bits per heavy atom. The molecule has 2 aromatic heterocycles. The summed E-state index contributed by atoms with van der Waals surface area (Å²) in [7, 11) is 2.11. The second-order valence-corrected chi connectivity index (χ2v) is 9.40. The molecule has 0 saturated carbocycles. The van der Waals surface area contributed by atoms with E-state index in [-0.39, 0.29) is 17.8 Å². The second kappa shape index (κ2) is 6.99. The maximum atomic E-state index is 9.76. The quantitative estimate of drug-likeness (QED) is 0.348. The number of rotatable bonds is 1. The second-order valence-electron chi connectivity index (χ2n) is 9.40. The minimum Gasteiger partial charge on any atom is -0.344 e. The summed E-state index contributed by atoms with van der Waals surface area (Å²) in [5, 5.41) is 22.0. The molecule has 0 amide bonds. The minimum atomic E-state index is -0.161. The van der Waals surface area contributed by atoms with E-state index >= 15 is 0 Å². The molecule has 4 heteroatoms. The van der Waals surface area contributed by atoms with Gasteiger partial charge in [-0.2, -0.15) is 10.5 Å². The van der Waals surface area contributed by atoms with Crippen molar-refractivity contribution in [1.29, 1.82) is 10.5 Å². The van der Waals surface area contributed by atoms with Crippen molar-refractivity contribution in [3.8, 4) is 17.8 Å². The van der Waals surface area contributed by atoms with Gasteiger partial charge in [0.15, 0.2) is 0 Å². The smallest absolute Gasteiger partial charge is 0.0950 e. The molecule has 4 nitrogen and oxygen atoms in total. The van der Waals surface area contributed by atoms with Gasteiger partial charge in [-0.15, -0.1) is 0 Å². The summed E-state index contributed by atoms with van der Waals surface area (Å²) in [5.74, 6) is 0.101. The van der Waals surface area contributed by atoms with E-state index in [0.717, 1.165) is 23.4 Å². The third-order valence-electron chi connectivity index (χ3n) is 7.60. The number of fused-ring (bicyclic) bond motifs is 6. The summed E-state index contributed by atoms with van der Waals surface area (Å²) in [4.78, 5) is 0. The van der Waals surface area contributed by atoms with Crippen molar-refractivity contribution < 1.29 is 0 Å². The summed E-state index contributed by atoms with van der Waals surface area (Å²) in [5.41, 5.74) is 9.05. The Kier molecular flexibility index (Phi) is 4.16. The summed E-state index contributed by atoms with van der Waals surface area (Å²) in [6.07, 6.45) is 7.08. The largest absolute Gasteiger partial charge is 0.344 e. The van der Waals surface area contributed by atoms with Gasteiger partial charge >= 0.3 is 0 Å². The van der Waals surface area contributed by atoms with Crippen LogP contribution < -0.4 is 0 Å². The molecule has 2 aliphatic carbocycles. The summed E-state index contributed by atoms with van der Waals surface area (Å²) < 4.78 is 4.56. The van der Waals surface area contributed by atoms with E-state index in [9.17, 15) is 10.5 Å². The van der Waals surface area contributed by atoms with E-state index in [4.69, 9.17) is 0 Å². The van der Waals surface area contributed by atoms with Crippen LogP contribution in [0.4, 0.5) is 0 Å². The summed E-state index contributed by atoms with van der Waals surface area (Å²) in [6.45, 7) is 4.27. The molecular formula is C29H24N4. The highest BCUT2D eigenvalue weighted by Crippen LogP contribution is 2.44. The van der Waals surface area contributed by atoms with Crippen LogP contribution in [0.3, 0.4) is 0 Å². The van der Waals surface area contributed by atoms with Gasteiger partial charge in [-0.25, -0.2) is 0 Å². The molecular weight excluding hydrogens is 404 g/mol. The van der Waals surface area contributed by atoms with Gasteiger partial charge in [0, 0.05) is 46.2 Å². The molecule has 0 spiro atoms. The average Bonchev–Trinajstić information content (AvgIpc) is 3.31. The van der Waals surface area contributed by atoms with Crippen LogP contribution >= 0.6 is 0 Å². The fourth-order valence-corrected chi connectivity index (χ4v) is 5.78. The van der Waals surface area contributed by atoms with Gasteiger partial charge in [0.2, 0.25) is 0 Å². The van der Waals surface area contributed by atoms with Gasteiger partial charge in [0.1, 0.15) is 0 Å². The molecule has 6 rings (SSSR count). The van der Waals surface area contributed by atoms with Crippen LogP contribution in [0.5, 0.6) is 0 Å². The zero-order chi connectivity index (χ0) is 22.9. The molecule has 2 aromatic carbocycles. The average molecular weight is 429 g/mol. The Morgan fingerprint density at radius 1 is 1.00 bits per heavy atom. The van der Waals surface area contributed by atoms with Crippen molar-refractivity contribution in [3.05, 3.63) is 76.6 Å². The maximum absolute atomic E-state index is 9.76. The normalized spacial score (nSPS) is 21.4. The standard InChI is InChI=1S/C29H24N4/c1-17-12-25-24-10-8-19(15-30)18(2)29(24)33(28(25)13-20(17)16-31)21-9-11-23-22-6-4-5-7-26(22)32(3)27(23)14-21/h4-11,13-14,17-19H,12H2,1-3H3. The number of hydrogen-bond acceptors (Lipinski definition) is 2. The Labute approximate surface area is 193 Å². The van der Waals surface area contributed by atoms with Crippen LogP contribution in [-0.2, 0) is 13.5 Å². The van der Waals surface area contributed by atoms with Crippen LogP contribution in [-0.4, -0.2) is 9.13 Å². The highest BCUT2D eigenvalue weighted by atomic mass is 15.0. The number of aryl methyl sites for hydroxylation is 1. The van der Waals surface area contributed by atoms with Crippen molar-refractivity contribution in [1.82, 2.24) is 9.13 Å². The third kappa shape index (κ3) is 2.62. The number of nitrogens with zero attached hydrogens (tertiary/aromatic N) is 4. The summed E-state index contributed by atoms with van der Waals surface area (Å²) >= 11 is 0. The molecule has 0 fully saturated rings. The fraction of sp³-hybridized carbons (Fsp3) is 0.241. The lowest BCUT2D eigenvalue weighted by atomic mass is 9.81. The van der Waals surface area contributed by atoms with Gasteiger partial charge in [0.25, 0.3) is 0 Å². The Hall–Kier alpha value is -4.02. The number of hydrogen-bond donors (Lipinski definition) is 0. The molecule has 0 N–H and O–H groups in total. The summed E-state index contributed by atoms with van der Waals surface area (Å²) in [6, 6.07) is 20.0. The molecule has 2 aliphatic rings. The van der Waals surface area contributed by atoms with E-state index in [1.54, 1.807) is 0 Å². The highest BCUT2D eigenvalue weighted by Gasteiger charge is 2.34. The molecule has 160 valence electrons. The number of allylic oxidation sites excluding steroid dienone is 2. The Morgan fingerprint density at radius 3 is 2.58 bits per heavy atom. The molecule has 33 heavy (non-hydrogen) atoms. The highest BCUT2D eigenvalue weighted by molar-refractivity contribution is 6.08. The first-order chi connectivity index (χ1) is 16.0. The third-order valence-corrected chi connectivity index (χ3v) is 7.60. The first-order valence-corrected chi connectivity index (χ1v) is 11.5. The molecule has 3 atom stereocenters. The molecule has 3 unspecified atom stereocenters. The van der Waals surface area contributed by atoms with Crippen molar-refractivity contribution in [2.24, 2.45) is 18.9 Å². The zero-order valence-electron chi connectivity index (χ0n) is 19.0. The molecule has 0 radical (unpaired) electrons. The number of benzene rings is 2. The van der Waals surface area contributed by atoms with Crippen molar-refractivity contribution >= 4 is 34.0 Å². The number of aromatic nitrogens is 2. The molecule has 0 bridgehead atoms. The zero-order valence-corrected chi connectivity index (χ0v) is 19.0. The maximum Gasteiger partial charge on any atom is 0.0950 e. The lowest BCUT2D eigenvalue weighted by Gasteiger charge is -2.23. The van der Waals surface area contributed by atoms with E-state index in [2.05, 4.69) is 96.8 Å². The SMILES string of the molecule is CC1Cc2c3c(n(-c4ccc5c6ccccc6n(C)c5c4)c2C=C1C#N)C(C)C(C#N)C=C3. The van der Waals surface area contributed by atoms with Gasteiger partial charge < -0.3 is 9.13 Å². The van der Waals surface area contributed by atoms with Gasteiger partial charge in [-0.05, 0) is 47.7 Å². The van der Waals surface area contributed by atoms with Gasteiger partial charge in [-0.1, -0.05) is 50.3 Å². The van der Waals surface area contributed by atoms with Crippen LogP contribution in [0.2, 0.25) is 0 Å². The van der Waals surface area contributed by atoms with E-state index in [1.165, 1.54) is 38.6 Å². The number of para-hydroxylation sites is 1. The topological polar surface area (TPSA) is 57.4 Å².